The number of ether oxygens (including phenoxy) is 1. The van der Waals surface area contributed by atoms with E-state index in [4.69, 9.17) is 4.74 Å². The molecule has 0 radical (unpaired) electrons. The van der Waals surface area contributed by atoms with Crippen molar-refractivity contribution in [2.24, 2.45) is 0 Å². The molecule has 3 rings (SSSR count). The molecule has 2 aromatic rings. The molecule has 0 aromatic heterocycles. The number of hydrogen-bond acceptors (Lipinski definition) is 3. The first-order valence-electron chi connectivity index (χ1n) is 8.03. The maximum Gasteiger partial charge on any atom is 0.265 e. The summed E-state index contributed by atoms with van der Waals surface area (Å²) in [4.78, 5) is 26.2. The Hall–Kier alpha value is -3.08. The molecule has 0 bridgehead atoms. The summed E-state index contributed by atoms with van der Waals surface area (Å²) in [5, 5.41) is 2.87. The lowest BCUT2D eigenvalue weighted by molar-refractivity contribution is -0.121. The van der Waals surface area contributed by atoms with E-state index in [9.17, 15) is 9.59 Å². The van der Waals surface area contributed by atoms with E-state index in [1.807, 2.05) is 32.0 Å². The van der Waals surface area contributed by atoms with Gasteiger partial charge >= 0.3 is 0 Å². The van der Waals surface area contributed by atoms with Gasteiger partial charge in [-0.15, -0.1) is 0 Å². The summed E-state index contributed by atoms with van der Waals surface area (Å²) >= 11 is 0. The van der Waals surface area contributed by atoms with Crippen molar-refractivity contribution in [3.05, 3.63) is 65.7 Å². The predicted octanol–water partition coefficient (Wildman–Crippen LogP) is 3.55. The van der Waals surface area contributed by atoms with Crippen LogP contribution < -0.4 is 15.0 Å². The van der Waals surface area contributed by atoms with Crippen LogP contribution in [0.1, 0.15) is 22.8 Å². The van der Waals surface area contributed by atoms with Crippen LogP contribution in [0.2, 0.25) is 0 Å². The summed E-state index contributed by atoms with van der Waals surface area (Å²) < 4.78 is 5.47. The number of hydrogen-bond donors (Lipinski definition) is 1. The van der Waals surface area contributed by atoms with Crippen molar-refractivity contribution in [3.63, 3.8) is 0 Å². The molecule has 0 saturated heterocycles. The van der Waals surface area contributed by atoms with E-state index < -0.39 is 0 Å². The zero-order chi connectivity index (χ0) is 18.0. The number of aryl methyl sites for hydroxylation is 1. The van der Waals surface area contributed by atoms with Crippen LogP contribution in [-0.2, 0) is 4.79 Å². The summed E-state index contributed by atoms with van der Waals surface area (Å²) in [6.07, 6.45) is 0. The molecule has 2 aromatic carbocycles. The Morgan fingerprint density at radius 2 is 2.08 bits per heavy atom. The topological polar surface area (TPSA) is 58.6 Å². The van der Waals surface area contributed by atoms with E-state index in [-0.39, 0.29) is 18.4 Å². The lowest BCUT2D eigenvalue weighted by atomic mass is 10.1. The van der Waals surface area contributed by atoms with Gasteiger partial charge in [-0.05, 0) is 44.2 Å². The van der Waals surface area contributed by atoms with E-state index in [1.165, 1.54) is 0 Å². The third-order valence-electron chi connectivity index (χ3n) is 3.87. The fraction of sp³-hybridized carbons (Fsp3) is 0.200. The highest BCUT2D eigenvalue weighted by molar-refractivity contribution is 6.05. The number of benzene rings is 2. The monoisotopic (exact) mass is 336 g/mol. The van der Waals surface area contributed by atoms with Crippen molar-refractivity contribution >= 4 is 23.2 Å². The molecule has 1 aliphatic heterocycles. The summed E-state index contributed by atoms with van der Waals surface area (Å²) in [6, 6.07) is 12.7. The molecule has 0 saturated carbocycles. The van der Waals surface area contributed by atoms with Crippen LogP contribution in [0.3, 0.4) is 0 Å². The molecule has 0 atom stereocenters. The molecule has 1 aliphatic rings. The van der Waals surface area contributed by atoms with E-state index in [0.29, 0.717) is 29.2 Å². The number of carbonyl (C=O) groups is 2. The molecular formula is C20H20N2O3. The molecule has 1 N–H and O–H groups in total. The van der Waals surface area contributed by atoms with Crippen molar-refractivity contribution in [3.8, 4) is 5.75 Å². The van der Waals surface area contributed by atoms with Crippen LogP contribution in [0.25, 0.3) is 0 Å². The normalized spacial score (nSPS) is 13.0. The standard InChI is InChI=1S/C20H20N2O3/c1-13(2)11-22-17-10-16(7-8-18(17)25-12-19(22)23)21-20(24)15-6-4-5-14(3)9-15/h4-10H,1,11-12H2,2-3H3,(H,21,24). The fourth-order valence-corrected chi connectivity index (χ4v) is 2.71. The van der Waals surface area contributed by atoms with Crippen LogP contribution in [-0.4, -0.2) is 25.0 Å². The van der Waals surface area contributed by atoms with Gasteiger partial charge in [0, 0.05) is 17.8 Å². The molecule has 5 heteroatoms. The van der Waals surface area contributed by atoms with E-state index >= 15 is 0 Å². The van der Waals surface area contributed by atoms with Crippen molar-refractivity contribution in [1.29, 1.82) is 0 Å². The number of rotatable bonds is 4. The average molecular weight is 336 g/mol. The van der Waals surface area contributed by atoms with Crippen LogP contribution in [0.5, 0.6) is 5.75 Å². The highest BCUT2D eigenvalue weighted by atomic mass is 16.5. The molecule has 128 valence electrons. The van der Waals surface area contributed by atoms with Gasteiger partial charge in [-0.25, -0.2) is 0 Å². The van der Waals surface area contributed by atoms with Gasteiger partial charge in [0.25, 0.3) is 11.8 Å². The third-order valence-corrected chi connectivity index (χ3v) is 3.87. The van der Waals surface area contributed by atoms with Gasteiger partial charge in [-0.3, -0.25) is 9.59 Å². The molecule has 0 aliphatic carbocycles. The molecule has 1 heterocycles. The molecule has 2 amide bonds. The Kier molecular flexibility index (Phi) is 4.57. The third kappa shape index (κ3) is 3.71. The Morgan fingerprint density at radius 3 is 2.80 bits per heavy atom. The highest BCUT2D eigenvalue weighted by Crippen LogP contribution is 2.35. The van der Waals surface area contributed by atoms with Gasteiger partial charge in [-0.2, -0.15) is 0 Å². The summed E-state index contributed by atoms with van der Waals surface area (Å²) in [7, 11) is 0. The van der Waals surface area contributed by atoms with Crippen LogP contribution in [0.4, 0.5) is 11.4 Å². The van der Waals surface area contributed by atoms with Crippen molar-refractivity contribution in [2.45, 2.75) is 13.8 Å². The number of carbonyl (C=O) groups excluding carboxylic acids is 2. The highest BCUT2D eigenvalue weighted by Gasteiger charge is 2.25. The molecule has 25 heavy (non-hydrogen) atoms. The van der Waals surface area contributed by atoms with E-state index in [1.54, 1.807) is 29.2 Å². The van der Waals surface area contributed by atoms with Gasteiger partial charge in [0.05, 0.1) is 5.69 Å². The van der Waals surface area contributed by atoms with Gasteiger partial charge < -0.3 is 15.0 Å². The maximum atomic E-state index is 12.4. The first-order chi connectivity index (χ1) is 11.9. The Labute approximate surface area is 146 Å². The number of amides is 2. The maximum absolute atomic E-state index is 12.4. The SMILES string of the molecule is C=C(C)CN1C(=O)COc2ccc(NC(=O)c3cccc(C)c3)cc21. The van der Waals surface area contributed by atoms with Gasteiger partial charge in [0.2, 0.25) is 0 Å². The van der Waals surface area contributed by atoms with E-state index in [0.717, 1.165) is 11.1 Å². The van der Waals surface area contributed by atoms with Gasteiger partial charge in [0.1, 0.15) is 5.75 Å². The lowest BCUT2D eigenvalue weighted by Gasteiger charge is -2.30. The second kappa shape index (κ2) is 6.81. The average Bonchev–Trinajstić information content (AvgIpc) is 2.57. The van der Waals surface area contributed by atoms with Crippen molar-refractivity contribution in [1.82, 2.24) is 0 Å². The lowest BCUT2D eigenvalue weighted by Crippen LogP contribution is -2.39. The van der Waals surface area contributed by atoms with Crippen LogP contribution in [0, 0.1) is 6.92 Å². The fourth-order valence-electron chi connectivity index (χ4n) is 2.71. The molecule has 5 nitrogen and oxygen atoms in total. The molecular weight excluding hydrogens is 316 g/mol. The Balaban J connectivity index is 1.87. The minimum absolute atomic E-state index is 0.00920. The smallest absolute Gasteiger partial charge is 0.265 e. The zero-order valence-corrected chi connectivity index (χ0v) is 14.3. The second-order valence-electron chi connectivity index (χ2n) is 6.23. The number of anilines is 2. The van der Waals surface area contributed by atoms with Crippen LogP contribution in [0.15, 0.2) is 54.6 Å². The number of nitrogens with one attached hydrogen (secondary N) is 1. The minimum atomic E-state index is -0.196. The zero-order valence-electron chi connectivity index (χ0n) is 14.3. The van der Waals surface area contributed by atoms with Gasteiger partial charge in [-0.1, -0.05) is 29.8 Å². The molecule has 0 spiro atoms. The molecule has 0 unspecified atom stereocenters. The first kappa shape index (κ1) is 16.8. The quantitative estimate of drug-likeness (QED) is 0.869. The summed E-state index contributed by atoms with van der Waals surface area (Å²) in [5.41, 5.74) is 3.72. The Bertz CT molecular complexity index is 858. The minimum Gasteiger partial charge on any atom is -0.482 e. The second-order valence-corrected chi connectivity index (χ2v) is 6.23. The molecule has 0 fully saturated rings. The summed E-state index contributed by atoms with van der Waals surface area (Å²) in [6.45, 7) is 8.11. The van der Waals surface area contributed by atoms with Gasteiger partial charge in [0.15, 0.2) is 6.61 Å². The van der Waals surface area contributed by atoms with Crippen LogP contribution >= 0.6 is 0 Å². The Morgan fingerprint density at radius 1 is 1.28 bits per heavy atom. The number of nitrogens with zero attached hydrogens (tertiary/aromatic N) is 1. The number of fused-ring (bicyclic) bond motifs is 1. The van der Waals surface area contributed by atoms with E-state index in [2.05, 4.69) is 11.9 Å². The first-order valence-corrected chi connectivity index (χ1v) is 8.03. The summed E-state index contributed by atoms with van der Waals surface area (Å²) in [5.74, 6) is 0.297. The van der Waals surface area contributed by atoms with Crippen molar-refractivity contribution in [2.75, 3.05) is 23.4 Å². The predicted molar refractivity (Wildman–Crippen MR) is 98.2 cm³/mol. The van der Waals surface area contributed by atoms with Crippen molar-refractivity contribution < 1.29 is 14.3 Å². The largest absolute Gasteiger partial charge is 0.482 e.